The highest BCUT2D eigenvalue weighted by molar-refractivity contribution is 5.78. The second-order valence-electron chi connectivity index (χ2n) is 5.91. The Labute approximate surface area is 124 Å². The van der Waals surface area contributed by atoms with E-state index in [9.17, 15) is 9.18 Å². The van der Waals surface area contributed by atoms with Crippen LogP contribution in [0.2, 0.25) is 0 Å². The van der Waals surface area contributed by atoms with Crippen LogP contribution in [0.5, 0.6) is 5.75 Å². The molecule has 0 atom stereocenters. The summed E-state index contributed by atoms with van der Waals surface area (Å²) in [6.07, 6.45) is 4.46. The van der Waals surface area contributed by atoms with Gasteiger partial charge < -0.3 is 15.0 Å². The minimum atomic E-state index is -0.410. The van der Waals surface area contributed by atoms with Crippen LogP contribution in [0.1, 0.15) is 31.2 Å². The third-order valence-corrected chi connectivity index (χ3v) is 4.04. The molecule has 3 rings (SSSR count). The number of carbonyl (C=O) groups is 1. The Hall–Kier alpha value is -1.62. The Balaban J connectivity index is 1.60. The first kappa shape index (κ1) is 14.3. The smallest absolute Gasteiger partial charge is 0.260 e. The van der Waals surface area contributed by atoms with Crippen LogP contribution in [0.15, 0.2) is 18.2 Å². The van der Waals surface area contributed by atoms with E-state index < -0.39 is 5.82 Å². The molecule has 1 amide bonds. The molecule has 114 valence electrons. The van der Waals surface area contributed by atoms with Gasteiger partial charge >= 0.3 is 0 Å². The number of nitrogens with zero attached hydrogens (tertiary/aromatic N) is 1. The lowest BCUT2D eigenvalue weighted by atomic mass is 10.2. The Morgan fingerprint density at radius 2 is 2.14 bits per heavy atom. The molecule has 0 aromatic heterocycles. The number of benzene rings is 1. The summed E-state index contributed by atoms with van der Waals surface area (Å²) in [7, 11) is 1.78. The molecule has 4 nitrogen and oxygen atoms in total. The molecule has 2 aliphatic rings. The minimum Gasteiger partial charge on any atom is -0.480 e. The quantitative estimate of drug-likeness (QED) is 0.836. The Morgan fingerprint density at radius 1 is 1.38 bits per heavy atom. The first-order chi connectivity index (χ1) is 10.1. The van der Waals surface area contributed by atoms with Crippen molar-refractivity contribution in [2.24, 2.45) is 0 Å². The van der Waals surface area contributed by atoms with Crippen molar-refractivity contribution < 1.29 is 13.9 Å². The van der Waals surface area contributed by atoms with Crippen LogP contribution in [0.3, 0.4) is 0 Å². The summed E-state index contributed by atoms with van der Waals surface area (Å²) in [6.45, 7) is 0.467. The van der Waals surface area contributed by atoms with E-state index in [2.05, 4.69) is 5.32 Å². The van der Waals surface area contributed by atoms with Gasteiger partial charge in [-0.05, 0) is 31.7 Å². The standard InChI is InChI=1S/C16H21FN2O2/c1-19(13-7-8-13)15(20)10-21-16-11(3-2-4-14(16)17)9-18-12-5-6-12/h2-4,12-13,18H,5-10H2,1H3. The molecular weight excluding hydrogens is 271 g/mol. The molecule has 0 unspecified atom stereocenters. The largest absolute Gasteiger partial charge is 0.480 e. The van der Waals surface area contributed by atoms with Crippen LogP contribution in [-0.2, 0) is 11.3 Å². The normalized spacial score (nSPS) is 17.6. The summed E-state index contributed by atoms with van der Waals surface area (Å²) in [4.78, 5) is 13.7. The van der Waals surface area contributed by atoms with Crippen molar-refractivity contribution in [2.75, 3.05) is 13.7 Å². The number of para-hydroxylation sites is 1. The van der Waals surface area contributed by atoms with Crippen molar-refractivity contribution in [3.05, 3.63) is 29.6 Å². The van der Waals surface area contributed by atoms with Gasteiger partial charge in [-0.25, -0.2) is 4.39 Å². The van der Waals surface area contributed by atoms with E-state index in [0.29, 0.717) is 18.6 Å². The van der Waals surface area contributed by atoms with Crippen LogP contribution in [0.25, 0.3) is 0 Å². The molecule has 1 aromatic carbocycles. The van der Waals surface area contributed by atoms with E-state index in [1.54, 1.807) is 18.0 Å². The lowest BCUT2D eigenvalue weighted by Crippen LogP contribution is -2.33. The van der Waals surface area contributed by atoms with Crippen LogP contribution >= 0.6 is 0 Å². The van der Waals surface area contributed by atoms with Gasteiger partial charge in [0, 0.05) is 31.2 Å². The molecule has 2 aliphatic carbocycles. The summed E-state index contributed by atoms with van der Waals surface area (Å²) < 4.78 is 19.4. The molecule has 5 heteroatoms. The number of ether oxygens (including phenoxy) is 1. The number of likely N-dealkylation sites (N-methyl/N-ethyl adjacent to an activating group) is 1. The maximum Gasteiger partial charge on any atom is 0.260 e. The molecule has 2 saturated carbocycles. The average molecular weight is 292 g/mol. The first-order valence-electron chi connectivity index (χ1n) is 7.54. The number of hydrogen-bond acceptors (Lipinski definition) is 3. The van der Waals surface area contributed by atoms with E-state index in [0.717, 1.165) is 18.4 Å². The van der Waals surface area contributed by atoms with E-state index in [1.165, 1.54) is 18.9 Å². The second kappa shape index (κ2) is 6.02. The highest BCUT2D eigenvalue weighted by atomic mass is 19.1. The van der Waals surface area contributed by atoms with Crippen LogP contribution < -0.4 is 10.1 Å². The highest BCUT2D eigenvalue weighted by Gasteiger charge is 2.30. The monoisotopic (exact) mass is 292 g/mol. The van der Waals surface area contributed by atoms with Crippen molar-refractivity contribution in [3.63, 3.8) is 0 Å². The van der Waals surface area contributed by atoms with Gasteiger partial charge in [-0.1, -0.05) is 12.1 Å². The summed E-state index contributed by atoms with van der Waals surface area (Å²) in [6, 6.07) is 5.76. The van der Waals surface area contributed by atoms with Crippen LogP contribution in [0, 0.1) is 5.82 Å². The van der Waals surface area contributed by atoms with Crippen LogP contribution in [-0.4, -0.2) is 36.5 Å². The Bertz CT molecular complexity index is 527. The predicted octanol–water partition coefficient (Wildman–Crippen LogP) is 2.08. The molecule has 0 aliphatic heterocycles. The molecule has 0 heterocycles. The fourth-order valence-electron chi connectivity index (χ4n) is 2.30. The van der Waals surface area contributed by atoms with E-state index in [4.69, 9.17) is 4.74 Å². The number of hydrogen-bond donors (Lipinski definition) is 1. The van der Waals surface area contributed by atoms with Gasteiger partial charge in [0.1, 0.15) is 0 Å². The van der Waals surface area contributed by atoms with Gasteiger partial charge in [-0.3, -0.25) is 4.79 Å². The fourth-order valence-corrected chi connectivity index (χ4v) is 2.30. The molecular formula is C16H21FN2O2. The van der Waals surface area contributed by atoms with Gasteiger partial charge in [-0.2, -0.15) is 0 Å². The van der Waals surface area contributed by atoms with E-state index in [-0.39, 0.29) is 18.3 Å². The zero-order valence-corrected chi connectivity index (χ0v) is 12.3. The predicted molar refractivity (Wildman–Crippen MR) is 77.5 cm³/mol. The highest BCUT2D eigenvalue weighted by Crippen LogP contribution is 2.27. The van der Waals surface area contributed by atoms with Crippen molar-refractivity contribution in [1.82, 2.24) is 10.2 Å². The number of nitrogens with one attached hydrogen (secondary N) is 1. The first-order valence-corrected chi connectivity index (χ1v) is 7.54. The molecule has 2 fully saturated rings. The maximum absolute atomic E-state index is 13.9. The lowest BCUT2D eigenvalue weighted by Gasteiger charge is -2.18. The molecule has 0 saturated heterocycles. The van der Waals surface area contributed by atoms with Gasteiger partial charge in [0.2, 0.25) is 0 Å². The summed E-state index contributed by atoms with van der Waals surface area (Å²) in [5.41, 5.74) is 0.767. The van der Waals surface area contributed by atoms with Gasteiger partial charge in [0.15, 0.2) is 18.2 Å². The fraction of sp³-hybridized carbons (Fsp3) is 0.562. The average Bonchev–Trinajstić information content (AvgIpc) is 3.36. The van der Waals surface area contributed by atoms with Crippen molar-refractivity contribution in [2.45, 2.75) is 44.3 Å². The number of rotatable bonds is 7. The third-order valence-electron chi connectivity index (χ3n) is 4.04. The topological polar surface area (TPSA) is 41.6 Å². The zero-order chi connectivity index (χ0) is 14.8. The third kappa shape index (κ3) is 3.73. The van der Waals surface area contributed by atoms with Crippen molar-refractivity contribution in [1.29, 1.82) is 0 Å². The SMILES string of the molecule is CN(C(=O)COc1c(F)cccc1CNC1CC1)C1CC1. The zero-order valence-electron chi connectivity index (χ0n) is 12.3. The molecule has 0 spiro atoms. The molecule has 0 radical (unpaired) electrons. The minimum absolute atomic E-state index is 0.0955. The van der Waals surface area contributed by atoms with Crippen molar-refractivity contribution >= 4 is 5.91 Å². The number of carbonyl (C=O) groups excluding carboxylic acids is 1. The summed E-state index contributed by atoms with van der Waals surface area (Å²) in [5, 5.41) is 3.34. The number of amides is 1. The van der Waals surface area contributed by atoms with Crippen molar-refractivity contribution in [3.8, 4) is 5.75 Å². The van der Waals surface area contributed by atoms with E-state index in [1.807, 2.05) is 6.07 Å². The molecule has 21 heavy (non-hydrogen) atoms. The van der Waals surface area contributed by atoms with E-state index >= 15 is 0 Å². The maximum atomic E-state index is 13.9. The molecule has 0 bridgehead atoms. The summed E-state index contributed by atoms with van der Waals surface area (Å²) >= 11 is 0. The molecule has 1 N–H and O–H groups in total. The van der Waals surface area contributed by atoms with Gasteiger partial charge in [0.05, 0.1) is 0 Å². The summed E-state index contributed by atoms with van der Waals surface area (Å²) in [5.74, 6) is -0.308. The number of halogens is 1. The Kier molecular flexibility index (Phi) is 4.10. The van der Waals surface area contributed by atoms with Crippen LogP contribution in [0.4, 0.5) is 4.39 Å². The second-order valence-corrected chi connectivity index (χ2v) is 5.91. The Morgan fingerprint density at radius 3 is 2.81 bits per heavy atom. The lowest BCUT2D eigenvalue weighted by molar-refractivity contribution is -0.132. The van der Waals surface area contributed by atoms with Gasteiger partial charge in [-0.15, -0.1) is 0 Å². The molecule has 1 aromatic rings. The van der Waals surface area contributed by atoms with Gasteiger partial charge in [0.25, 0.3) is 5.91 Å².